The highest BCUT2D eigenvalue weighted by Crippen LogP contribution is 2.42. The molecule has 0 saturated carbocycles. The first-order chi connectivity index (χ1) is 15.0. The molecule has 0 radical (unpaired) electrons. The molecule has 156 valence electrons. The van der Waals surface area contributed by atoms with Crippen LogP contribution in [0.15, 0.2) is 84.4 Å². The number of ether oxygens (including phenoxy) is 2. The number of amides is 1. The van der Waals surface area contributed by atoms with Crippen LogP contribution >= 0.6 is 0 Å². The second-order valence-electron chi connectivity index (χ2n) is 7.01. The van der Waals surface area contributed by atoms with Gasteiger partial charge in [0.15, 0.2) is 0 Å². The van der Waals surface area contributed by atoms with Gasteiger partial charge in [-0.05, 0) is 42.0 Å². The predicted molar refractivity (Wildman–Crippen MR) is 117 cm³/mol. The maximum atomic E-state index is 13.1. The number of Topliss-reactive ketones (excluding diaryl/α,β-unsaturated/α-hetero) is 1. The minimum Gasteiger partial charge on any atom is -0.507 e. The Bertz CT molecular complexity index is 1130. The number of rotatable bonds is 5. The van der Waals surface area contributed by atoms with Crippen LogP contribution in [0.25, 0.3) is 5.76 Å². The summed E-state index contributed by atoms with van der Waals surface area (Å²) < 4.78 is 10.4. The van der Waals surface area contributed by atoms with Gasteiger partial charge in [0.2, 0.25) is 0 Å². The highest BCUT2D eigenvalue weighted by Gasteiger charge is 2.46. The summed E-state index contributed by atoms with van der Waals surface area (Å²) in [6.45, 7) is 0. The SMILES string of the molecule is COc1ccc([C@H]2C(=C(O)c3ccccc3)C(=O)C(=O)N2c2ccc(OC)cc2)cc1. The van der Waals surface area contributed by atoms with E-state index in [1.54, 1.807) is 87.0 Å². The molecule has 3 aromatic rings. The molecule has 0 aliphatic carbocycles. The third-order valence-corrected chi connectivity index (χ3v) is 5.27. The Labute approximate surface area is 180 Å². The van der Waals surface area contributed by atoms with E-state index in [1.165, 1.54) is 4.90 Å². The van der Waals surface area contributed by atoms with Gasteiger partial charge in [0.25, 0.3) is 11.7 Å². The van der Waals surface area contributed by atoms with Gasteiger partial charge < -0.3 is 14.6 Å². The van der Waals surface area contributed by atoms with Crippen molar-refractivity contribution < 1.29 is 24.2 Å². The molecule has 1 atom stereocenters. The van der Waals surface area contributed by atoms with Crippen LogP contribution in [0, 0.1) is 0 Å². The van der Waals surface area contributed by atoms with Crippen molar-refractivity contribution in [2.75, 3.05) is 19.1 Å². The van der Waals surface area contributed by atoms with Crippen LogP contribution in [-0.2, 0) is 9.59 Å². The zero-order chi connectivity index (χ0) is 22.0. The van der Waals surface area contributed by atoms with E-state index in [4.69, 9.17) is 9.47 Å². The number of hydrogen-bond acceptors (Lipinski definition) is 5. The number of nitrogens with zero attached hydrogens (tertiary/aromatic N) is 1. The van der Waals surface area contributed by atoms with Gasteiger partial charge in [-0.3, -0.25) is 14.5 Å². The number of carbonyl (C=O) groups excluding carboxylic acids is 2. The first kappa shape index (κ1) is 20.2. The lowest BCUT2D eigenvalue weighted by Gasteiger charge is -2.25. The van der Waals surface area contributed by atoms with Crippen molar-refractivity contribution >= 4 is 23.1 Å². The fraction of sp³-hybridized carbons (Fsp3) is 0.120. The molecule has 31 heavy (non-hydrogen) atoms. The van der Waals surface area contributed by atoms with Crippen molar-refractivity contribution in [1.29, 1.82) is 0 Å². The average Bonchev–Trinajstić information content (AvgIpc) is 3.09. The Hall–Kier alpha value is -4.06. The van der Waals surface area contributed by atoms with Gasteiger partial charge in [-0.2, -0.15) is 0 Å². The molecule has 1 aliphatic rings. The zero-order valence-corrected chi connectivity index (χ0v) is 17.1. The average molecular weight is 415 g/mol. The molecule has 6 nitrogen and oxygen atoms in total. The second kappa shape index (κ2) is 8.36. The van der Waals surface area contributed by atoms with Crippen LogP contribution in [0.2, 0.25) is 0 Å². The Morgan fingerprint density at radius 3 is 1.90 bits per heavy atom. The third kappa shape index (κ3) is 3.64. The molecular formula is C25H21NO5. The monoisotopic (exact) mass is 415 g/mol. The quantitative estimate of drug-likeness (QED) is 0.381. The maximum Gasteiger partial charge on any atom is 0.300 e. The van der Waals surface area contributed by atoms with Crippen molar-refractivity contribution in [1.82, 2.24) is 0 Å². The van der Waals surface area contributed by atoms with E-state index in [0.717, 1.165) is 0 Å². The largest absolute Gasteiger partial charge is 0.507 e. The minimum atomic E-state index is -0.792. The molecule has 0 aromatic heterocycles. The lowest BCUT2D eigenvalue weighted by atomic mass is 9.95. The van der Waals surface area contributed by atoms with Crippen LogP contribution in [0.5, 0.6) is 11.5 Å². The van der Waals surface area contributed by atoms with Crippen LogP contribution in [0.4, 0.5) is 5.69 Å². The molecule has 1 N–H and O–H groups in total. The number of anilines is 1. The van der Waals surface area contributed by atoms with Gasteiger partial charge in [-0.1, -0.05) is 42.5 Å². The summed E-state index contributed by atoms with van der Waals surface area (Å²) in [7, 11) is 3.12. The van der Waals surface area contributed by atoms with E-state index in [2.05, 4.69) is 0 Å². The standard InChI is InChI=1S/C25H21NO5/c1-30-19-12-8-16(9-13-19)22-21(23(27)17-6-4-3-5-7-17)24(28)25(29)26(22)18-10-14-20(31-2)15-11-18/h3-15,22,27H,1-2H3/t22-/m0/s1. The van der Waals surface area contributed by atoms with Crippen molar-refractivity contribution in [2.24, 2.45) is 0 Å². The van der Waals surface area contributed by atoms with Crippen LogP contribution < -0.4 is 14.4 Å². The maximum absolute atomic E-state index is 13.1. The summed E-state index contributed by atoms with van der Waals surface area (Å²) in [5.74, 6) is -0.379. The van der Waals surface area contributed by atoms with Gasteiger partial charge in [0.05, 0.1) is 25.8 Å². The molecule has 1 saturated heterocycles. The van der Waals surface area contributed by atoms with E-state index < -0.39 is 17.7 Å². The van der Waals surface area contributed by atoms with Gasteiger partial charge in [-0.25, -0.2) is 0 Å². The first-order valence-corrected chi connectivity index (χ1v) is 9.69. The summed E-state index contributed by atoms with van der Waals surface area (Å²) in [5.41, 5.74) is 1.70. The molecule has 0 unspecified atom stereocenters. The Balaban J connectivity index is 1.90. The van der Waals surface area contributed by atoms with Crippen LogP contribution in [0.1, 0.15) is 17.2 Å². The molecule has 6 heteroatoms. The van der Waals surface area contributed by atoms with Crippen LogP contribution in [-0.4, -0.2) is 31.0 Å². The van der Waals surface area contributed by atoms with E-state index in [9.17, 15) is 14.7 Å². The number of methoxy groups -OCH3 is 2. The molecule has 0 bridgehead atoms. The molecule has 3 aromatic carbocycles. The molecule has 1 aliphatic heterocycles. The van der Waals surface area contributed by atoms with Gasteiger partial charge in [0, 0.05) is 11.3 Å². The summed E-state index contributed by atoms with van der Waals surface area (Å²) in [6.07, 6.45) is 0. The molecule has 1 amide bonds. The van der Waals surface area contributed by atoms with E-state index >= 15 is 0 Å². The highest BCUT2D eigenvalue weighted by atomic mass is 16.5. The predicted octanol–water partition coefficient (Wildman–Crippen LogP) is 4.33. The summed E-state index contributed by atoms with van der Waals surface area (Å²) in [4.78, 5) is 27.6. The highest BCUT2D eigenvalue weighted by molar-refractivity contribution is 6.51. The van der Waals surface area contributed by atoms with E-state index in [0.29, 0.717) is 28.3 Å². The van der Waals surface area contributed by atoms with Crippen molar-refractivity contribution in [3.05, 3.63) is 95.6 Å². The Kier molecular flexibility index (Phi) is 5.45. The summed E-state index contributed by atoms with van der Waals surface area (Å²) in [5, 5.41) is 11.0. The fourth-order valence-electron chi connectivity index (χ4n) is 3.69. The summed E-state index contributed by atoms with van der Waals surface area (Å²) in [6, 6.07) is 21.9. The molecule has 0 spiro atoms. The number of benzene rings is 3. The van der Waals surface area contributed by atoms with Crippen molar-refractivity contribution in [3.63, 3.8) is 0 Å². The topological polar surface area (TPSA) is 76.1 Å². The van der Waals surface area contributed by atoms with E-state index in [1.807, 2.05) is 6.07 Å². The third-order valence-electron chi connectivity index (χ3n) is 5.27. The lowest BCUT2D eigenvalue weighted by Crippen LogP contribution is -2.29. The number of hydrogen-bond donors (Lipinski definition) is 1. The van der Waals surface area contributed by atoms with Crippen molar-refractivity contribution in [3.8, 4) is 11.5 Å². The van der Waals surface area contributed by atoms with Crippen LogP contribution in [0.3, 0.4) is 0 Å². The Morgan fingerprint density at radius 1 is 0.806 bits per heavy atom. The van der Waals surface area contributed by atoms with Gasteiger partial charge in [-0.15, -0.1) is 0 Å². The molecule has 1 fully saturated rings. The first-order valence-electron chi connectivity index (χ1n) is 9.69. The summed E-state index contributed by atoms with van der Waals surface area (Å²) >= 11 is 0. The number of aliphatic hydroxyl groups is 1. The lowest BCUT2D eigenvalue weighted by molar-refractivity contribution is -0.132. The zero-order valence-electron chi connectivity index (χ0n) is 17.1. The Morgan fingerprint density at radius 2 is 1.35 bits per heavy atom. The molecule has 4 rings (SSSR count). The number of ketones is 1. The van der Waals surface area contributed by atoms with E-state index in [-0.39, 0.29) is 11.3 Å². The second-order valence-corrected chi connectivity index (χ2v) is 7.01. The molecule has 1 heterocycles. The van der Waals surface area contributed by atoms with Crippen molar-refractivity contribution in [2.45, 2.75) is 6.04 Å². The normalized spacial score (nSPS) is 17.6. The van der Waals surface area contributed by atoms with Gasteiger partial charge in [0.1, 0.15) is 17.3 Å². The van der Waals surface area contributed by atoms with Gasteiger partial charge >= 0.3 is 0 Å². The smallest absolute Gasteiger partial charge is 0.300 e. The molecular weight excluding hydrogens is 394 g/mol. The fourth-order valence-corrected chi connectivity index (χ4v) is 3.69. The number of carbonyl (C=O) groups is 2. The number of aliphatic hydroxyl groups excluding tert-OH is 1. The minimum absolute atomic E-state index is 0.0391.